The van der Waals surface area contributed by atoms with Crippen molar-refractivity contribution in [2.75, 3.05) is 6.54 Å². The van der Waals surface area contributed by atoms with Gasteiger partial charge in [-0.05, 0) is 25.3 Å². The van der Waals surface area contributed by atoms with E-state index in [1.807, 2.05) is 0 Å². The minimum Gasteiger partial charge on any atom is -0.330 e. The van der Waals surface area contributed by atoms with Crippen LogP contribution in [-0.4, -0.2) is 12.7 Å². The topological polar surface area (TPSA) is 26.0 Å². The summed E-state index contributed by atoms with van der Waals surface area (Å²) in [7, 11) is 0. The molecule has 0 spiro atoms. The third-order valence-corrected chi connectivity index (χ3v) is 2.63. The van der Waals surface area contributed by atoms with Crippen molar-refractivity contribution >= 4 is 0 Å². The lowest BCUT2D eigenvalue weighted by atomic mass is 9.79. The van der Waals surface area contributed by atoms with Crippen LogP contribution in [0.15, 0.2) is 0 Å². The number of nitrogens with two attached hydrogens (primary N) is 1. The standard InChI is InChI=1S/C8H14F3N/c9-8(10,11)7-4-2-1-3-6(7)5-12/h6-7H,1-5,12H2/t6-,7-/m0/s1. The van der Waals surface area contributed by atoms with Gasteiger partial charge in [0.2, 0.25) is 0 Å². The molecule has 0 aromatic carbocycles. The Balaban J connectivity index is 2.59. The molecule has 2 atom stereocenters. The lowest BCUT2D eigenvalue weighted by molar-refractivity contribution is -0.195. The molecule has 1 aliphatic carbocycles. The van der Waals surface area contributed by atoms with Crippen molar-refractivity contribution in [3.63, 3.8) is 0 Å². The molecule has 72 valence electrons. The molecular formula is C8H14F3N. The maximum Gasteiger partial charge on any atom is 0.392 e. The summed E-state index contributed by atoms with van der Waals surface area (Å²) in [6.07, 6.45) is -1.54. The fraction of sp³-hybridized carbons (Fsp3) is 1.00. The minimum absolute atomic E-state index is 0.171. The Morgan fingerprint density at radius 1 is 1.17 bits per heavy atom. The van der Waals surface area contributed by atoms with Crippen molar-refractivity contribution in [3.8, 4) is 0 Å². The van der Waals surface area contributed by atoms with Crippen molar-refractivity contribution in [2.45, 2.75) is 31.9 Å². The van der Waals surface area contributed by atoms with Gasteiger partial charge in [0.1, 0.15) is 0 Å². The molecule has 0 unspecified atom stereocenters. The first-order valence-electron chi connectivity index (χ1n) is 4.32. The fourth-order valence-corrected chi connectivity index (χ4v) is 1.92. The molecule has 0 aromatic rings. The van der Waals surface area contributed by atoms with Gasteiger partial charge in [-0.25, -0.2) is 0 Å². The number of hydrogen-bond acceptors (Lipinski definition) is 1. The Kier molecular flexibility index (Phi) is 2.99. The van der Waals surface area contributed by atoms with E-state index in [1.165, 1.54) is 0 Å². The molecule has 1 saturated carbocycles. The number of hydrogen-bond donors (Lipinski definition) is 1. The monoisotopic (exact) mass is 181 g/mol. The molecule has 0 radical (unpaired) electrons. The summed E-state index contributed by atoms with van der Waals surface area (Å²) in [5, 5.41) is 0. The van der Waals surface area contributed by atoms with E-state index in [-0.39, 0.29) is 18.9 Å². The lowest BCUT2D eigenvalue weighted by Crippen LogP contribution is -2.36. The fourth-order valence-electron chi connectivity index (χ4n) is 1.92. The van der Waals surface area contributed by atoms with Gasteiger partial charge in [-0.3, -0.25) is 0 Å². The average molecular weight is 181 g/mol. The van der Waals surface area contributed by atoms with Gasteiger partial charge in [0.05, 0.1) is 5.92 Å². The number of rotatable bonds is 1. The van der Waals surface area contributed by atoms with E-state index in [2.05, 4.69) is 0 Å². The first kappa shape index (κ1) is 9.84. The highest BCUT2D eigenvalue weighted by atomic mass is 19.4. The van der Waals surface area contributed by atoms with Crippen molar-refractivity contribution in [3.05, 3.63) is 0 Å². The Bertz CT molecular complexity index is 144. The SMILES string of the molecule is NC[C@@H]1CCCC[C@@H]1C(F)(F)F. The van der Waals surface area contributed by atoms with E-state index in [9.17, 15) is 13.2 Å². The molecule has 12 heavy (non-hydrogen) atoms. The molecular weight excluding hydrogens is 167 g/mol. The van der Waals surface area contributed by atoms with E-state index in [1.54, 1.807) is 0 Å². The van der Waals surface area contributed by atoms with Crippen LogP contribution >= 0.6 is 0 Å². The van der Waals surface area contributed by atoms with Crippen LogP contribution in [0.3, 0.4) is 0 Å². The van der Waals surface area contributed by atoms with Crippen LogP contribution in [0.2, 0.25) is 0 Å². The molecule has 1 aliphatic rings. The Labute approximate surface area is 70.1 Å². The molecule has 1 rings (SSSR count). The highest BCUT2D eigenvalue weighted by molar-refractivity contribution is 4.80. The highest BCUT2D eigenvalue weighted by Crippen LogP contribution is 2.40. The van der Waals surface area contributed by atoms with Crippen molar-refractivity contribution in [1.82, 2.24) is 0 Å². The van der Waals surface area contributed by atoms with Crippen LogP contribution in [0.5, 0.6) is 0 Å². The van der Waals surface area contributed by atoms with Gasteiger partial charge < -0.3 is 5.73 Å². The molecule has 0 aromatic heterocycles. The normalized spacial score (nSPS) is 32.0. The maximum atomic E-state index is 12.3. The Morgan fingerprint density at radius 3 is 2.17 bits per heavy atom. The molecule has 0 aliphatic heterocycles. The van der Waals surface area contributed by atoms with Gasteiger partial charge in [-0.2, -0.15) is 13.2 Å². The minimum atomic E-state index is -4.04. The highest BCUT2D eigenvalue weighted by Gasteiger charge is 2.44. The summed E-state index contributed by atoms with van der Waals surface area (Å²) in [5.41, 5.74) is 5.29. The van der Waals surface area contributed by atoms with Crippen LogP contribution in [-0.2, 0) is 0 Å². The van der Waals surface area contributed by atoms with Crippen LogP contribution in [0.4, 0.5) is 13.2 Å². The Morgan fingerprint density at radius 2 is 1.75 bits per heavy atom. The van der Waals surface area contributed by atoms with Gasteiger partial charge in [-0.15, -0.1) is 0 Å². The van der Waals surface area contributed by atoms with Crippen molar-refractivity contribution in [1.29, 1.82) is 0 Å². The third kappa shape index (κ3) is 2.12. The predicted octanol–water partition coefficient (Wildman–Crippen LogP) is 2.31. The predicted molar refractivity (Wildman–Crippen MR) is 40.6 cm³/mol. The number of alkyl halides is 3. The summed E-state index contributed by atoms with van der Waals surface area (Å²) >= 11 is 0. The number of halogens is 3. The van der Waals surface area contributed by atoms with Gasteiger partial charge in [0.15, 0.2) is 0 Å². The van der Waals surface area contributed by atoms with Crippen LogP contribution < -0.4 is 5.73 Å². The molecule has 0 saturated heterocycles. The summed E-state index contributed by atoms with van der Waals surface area (Å²) in [5.74, 6) is -1.48. The molecule has 1 nitrogen and oxygen atoms in total. The van der Waals surface area contributed by atoms with Gasteiger partial charge in [0.25, 0.3) is 0 Å². The second-order valence-electron chi connectivity index (χ2n) is 3.43. The van der Waals surface area contributed by atoms with Gasteiger partial charge >= 0.3 is 6.18 Å². The quantitative estimate of drug-likeness (QED) is 0.660. The zero-order valence-corrected chi connectivity index (χ0v) is 6.90. The lowest BCUT2D eigenvalue weighted by Gasteiger charge is -2.31. The second kappa shape index (κ2) is 3.64. The Hall–Kier alpha value is -0.250. The molecule has 1 fully saturated rings. The molecule has 4 heteroatoms. The van der Waals surface area contributed by atoms with E-state index in [0.717, 1.165) is 6.42 Å². The average Bonchev–Trinajstić information content (AvgIpc) is 2.03. The zero-order valence-electron chi connectivity index (χ0n) is 6.90. The molecule has 0 amide bonds. The molecule has 0 heterocycles. The summed E-state index contributed by atoms with van der Waals surface area (Å²) < 4.78 is 37.0. The smallest absolute Gasteiger partial charge is 0.330 e. The first-order valence-corrected chi connectivity index (χ1v) is 4.32. The summed E-state index contributed by atoms with van der Waals surface area (Å²) in [6, 6.07) is 0. The molecule has 2 N–H and O–H groups in total. The first-order chi connectivity index (χ1) is 5.55. The zero-order chi connectivity index (χ0) is 9.19. The van der Waals surface area contributed by atoms with Crippen LogP contribution in [0.1, 0.15) is 25.7 Å². The van der Waals surface area contributed by atoms with Crippen molar-refractivity contribution < 1.29 is 13.2 Å². The summed E-state index contributed by atoms with van der Waals surface area (Å²) in [4.78, 5) is 0. The second-order valence-corrected chi connectivity index (χ2v) is 3.43. The van der Waals surface area contributed by atoms with E-state index in [0.29, 0.717) is 12.8 Å². The molecule has 0 bridgehead atoms. The third-order valence-electron chi connectivity index (χ3n) is 2.63. The van der Waals surface area contributed by atoms with E-state index in [4.69, 9.17) is 5.73 Å². The maximum absolute atomic E-state index is 12.3. The van der Waals surface area contributed by atoms with Crippen LogP contribution in [0, 0.1) is 11.8 Å². The largest absolute Gasteiger partial charge is 0.392 e. The van der Waals surface area contributed by atoms with Crippen LogP contribution in [0.25, 0.3) is 0 Å². The summed E-state index contributed by atoms with van der Waals surface area (Å²) in [6.45, 7) is 0.171. The van der Waals surface area contributed by atoms with E-state index < -0.39 is 12.1 Å². The van der Waals surface area contributed by atoms with E-state index >= 15 is 0 Å². The van der Waals surface area contributed by atoms with Gasteiger partial charge in [0, 0.05) is 0 Å². The van der Waals surface area contributed by atoms with Crippen molar-refractivity contribution in [2.24, 2.45) is 17.6 Å². The van der Waals surface area contributed by atoms with Gasteiger partial charge in [-0.1, -0.05) is 12.8 Å².